The zero-order valence-electron chi connectivity index (χ0n) is 8.65. The zero-order chi connectivity index (χ0) is 10.4. The molecule has 0 spiro atoms. The molecular formula is C12H13IN2. The first-order valence-corrected chi connectivity index (χ1v) is 6.26. The number of halogens is 1. The molecule has 1 saturated heterocycles. The van der Waals surface area contributed by atoms with Crippen molar-refractivity contribution in [3.63, 3.8) is 0 Å². The molecule has 1 aliphatic rings. The summed E-state index contributed by atoms with van der Waals surface area (Å²) in [7, 11) is 2.17. The van der Waals surface area contributed by atoms with Crippen LogP contribution in [-0.4, -0.2) is 29.6 Å². The van der Waals surface area contributed by atoms with E-state index < -0.39 is 0 Å². The van der Waals surface area contributed by atoms with E-state index in [4.69, 9.17) is 0 Å². The predicted molar refractivity (Wildman–Crippen MR) is 71.2 cm³/mol. The number of hydrogen-bond donors (Lipinski definition) is 0. The molecule has 0 amide bonds. The van der Waals surface area contributed by atoms with Crippen molar-refractivity contribution in [2.45, 2.75) is 6.04 Å². The van der Waals surface area contributed by atoms with Crippen LogP contribution in [-0.2, 0) is 0 Å². The van der Waals surface area contributed by atoms with Crippen LogP contribution in [0.5, 0.6) is 0 Å². The van der Waals surface area contributed by atoms with Gasteiger partial charge in [0, 0.05) is 33.8 Å². The molecule has 2 aromatic rings. The molecule has 15 heavy (non-hydrogen) atoms. The van der Waals surface area contributed by atoms with E-state index in [1.54, 1.807) is 0 Å². The highest BCUT2D eigenvalue weighted by atomic mass is 127. The van der Waals surface area contributed by atoms with Crippen LogP contribution in [0.3, 0.4) is 0 Å². The minimum absolute atomic E-state index is 0.674. The van der Waals surface area contributed by atoms with Gasteiger partial charge >= 0.3 is 0 Å². The molecule has 0 atom stereocenters. The number of fused-ring (bicyclic) bond motifs is 1. The Bertz CT molecular complexity index is 497. The summed E-state index contributed by atoms with van der Waals surface area (Å²) in [5.41, 5.74) is 1.37. The highest BCUT2D eigenvalue weighted by Gasteiger charge is 2.25. The molecule has 2 heterocycles. The lowest BCUT2D eigenvalue weighted by Gasteiger charge is -2.37. The Kier molecular flexibility index (Phi) is 2.25. The highest BCUT2D eigenvalue weighted by Crippen LogP contribution is 2.26. The van der Waals surface area contributed by atoms with Gasteiger partial charge in [-0.2, -0.15) is 0 Å². The average molecular weight is 312 g/mol. The van der Waals surface area contributed by atoms with Crippen molar-refractivity contribution in [1.82, 2.24) is 9.47 Å². The van der Waals surface area contributed by atoms with Crippen LogP contribution < -0.4 is 0 Å². The van der Waals surface area contributed by atoms with Gasteiger partial charge in [0.2, 0.25) is 0 Å². The molecular weight excluding hydrogens is 299 g/mol. The standard InChI is InChI=1S/C12H13IN2/c1-14-7-11(8-14)15-5-4-9-6-10(13)2-3-12(9)15/h2-6,11H,7-8H2,1H3. The van der Waals surface area contributed by atoms with E-state index in [1.807, 2.05) is 0 Å². The van der Waals surface area contributed by atoms with E-state index in [-0.39, 0.29) is 0 Å². The van der Waals surface area contributed by atoms with Crippen LogP contribution in [0.15, 0.2) is 30.5 Å². The second-order valence-electron chi connectivity index (χ2n) is 4.30. The molecule has 78 valence electrons. The summed E-state index contributed by atoms with van der Waals surface area (Å²) >= 11 is 2.36. The van der Waals surface area contributed by atoms with Crippen LogP contribution in [0.2, 0.25) is 0 Å². The smallest absolute Gasteiger partial charge is 0.0590 e. The fraction of sp³-hybridized carbons (Fsp3) is 0.333. The summed E-state index contributed by atoms with van der Waals surface area (Å²) in [5, 5.41) is 1.36. The summed E-state index contributed by atoms with van der Waals surface area (Å²) in [4.78, 5) is 2.35. The Balaban J connectivity index is 2.05. The number of aromatic nitrogens is 1. The molecule has 3 heteroatoms. The molecule has 0 bridgehead atoms. The lowest BCUT2D eigenvalue weighted by molar-refractivity contribution is 0.144. The summed E-state index contributed by atoms with van der Waals surface area (Å²) in [5.74, 6) is 0. The summed E-state index contributed by atoms with van der Waals surface area (Å²) in [6, 6.07) is 9.55. The van der Waals surface area contributed by atoms with Crippen molar-refractivity contribution in [1.29, 1.82) is 0 Å². The average Bonchev–Trinajstić information content (AvgIpc) is 2.55. The van der Waals surface area contributed by atoms with Gasteiger partial charge in [0.05, 0.1) is 6.04 Å². The first-order valence-electron chi connectivity index (χ1n) is 5.19. The van der Waals surface area contributed by atoms with Crippen molar-refractivity contribution in [2.75, 3.05) is 20.1 Å². The third-order valence-electron chi connectivity index (χ3n) is 3.12. The van der Waals surface area contributed by atoms with Crippen LogP contribution >= 0.6 is 22.6 Å². The van der Waals surface area contributed by atoms with Gasteiger partial charge in [0.15, 0.2) is 0 Å². The Morgan fingerprint density at radius 1 is 1.27 bits per heavy atom. The van der Waals surface area contributed by atoms with Gasteiger partial charge in [-0.05, 0) is 53.9 Å². The van der Waals surface area contributed by atoms with Crippen molar-refractivity contribution in [3.05, 3.63) is 34.0 Å². The molecule has 1 aliphatic heterocycles. The topological polar surface area (TPSA) is 8.17 Å². The number of nitrogens with zero attached hydrogens (tertiary/aromatic N) is 2. The molecule has 0 aliphatic carbocycles. The fourth-order valence-electron chi connectivity index (χ4n) is 2.30. The van der Waals surface area contributed by atoms with Crippen LogP contribution in [0, 0.1) is 3.57 Å². The molecule has 1 aromatic carbocycles. The largest absolute Gasteiger partial charge is 0.342 e. The first kappa shape index (κ1) is 9.66. The van der Waals surface area contributed by atoms with E-state index in [2.05, 4.69) is 69.6 Å². The van der Waals surface area contributed by atoms with E-state index in [0.717, 1.165) is 0 Å². The monoisotopic (exact) mass is 312 g/mol. The minimum Gasteiger partial charge on any atom is -0.342 e. The predicted octanol–water partition coefficient (Wildman–Crippen LogP) is 2.73. The molecule has 2 nitrogen and oxygen atoms in total. The zero-order valence-corrected chi connectivity index (χ0v) is 10.8. The molecule has 1 aromatic heterocycles. The Morgan fingerprint density at radius 3 is 2.80 bits per heavy atom. The van der Waals surface area contributed by atoms with Gasteiger partial charge in [0.25, 0.3) is 0 Å². The lowest BCUT2D eigenvalue weighted by Crippen LogP contribution is -2.44. The van der Waals surface area contributed by atoms with E-state index in [1.165, 1.54) is 27.6 Å². The van der Waals surface area contributed by atoms with Gasteiger partial charge < -0.3 is 9.47 Å². The molecule has 3 rings (SSSR count). The van der Waals surface area contributed by atoms with Crippen molar-refractivity contribution in [3.8, 4) is 0 Å². The van der Waals surface area contributed by atoms with Gasteiger partial charge in [-0.25, -0.2) is 0 Å². The third-order valence-corrected chi connectivity index (χ3v) is 3.79. The number of likely N-dealkylation sites (N-methyl/N-ethyl adjacent to an activating group) is 1. The summed E-state index contributed by atoms with van der Waals surface area (Å²) < 4.78 is 3.72. The number of rotatable bonds is 1. The molecule has 0 saturated carbocycles. The summed E-state index contributed by atoms with van der Waals surface area (Å²) in [6.07, 6.45) is 2.22. The highest BCUT2D eigenvalue weighted by molar-refractivity contribution is 14.1. The number of likely N-dealkylation sites (tertiary alicyclic amines) is 1. The van der Waals surface area contributed by atoms with Gasteiger partial charge in [-0.1, -0.05) is 0 Å². The maximum absolute atomic E-state index is 2.41. The van der Waals surface area contributed by atoms with Crippen molar-refractivity contribution < 1.29 is 0 Å². The van der Waals surface area contributed by atoms with Gasteiger partial charge in [-0.15, -0.1) is 0 Å². The Morgan fingerprint density at radius 2 is 2.07 bits per heavy atom. The number of hydrogen-bond acceptors (Lipinski definition) is 1. The maximum Gasteiger partial charge on any atom is 0.0590 e. The Hall–Kier alpha value is -0.550. The molecule has 0 N–H and O–H groups in total. The third kappa shape index (κ3) is 1.58. The fourth-order valence-corrected chi connectivity index (χ4v) is 2.81. The van der Waals surface area contributed by atoms with Gasteiger partial charge in [0.1, 0.15) is 0 Å². The van der Waals surface area contributed by atoms with Crippen molar-refractivity contribution >= 4 is 33.5 Å². The SMILES string of the molecule is CN1CC(n2ccc3cc(I)ccc32)C1. The first-order chi connectivity index (χ1) is 7.24. The van der Waals surface area contributed by atoms with E-state index >= 15 is 0 Å². The van der Waals surface area contributed by atoms with Gasteiger partial charge in [-0.3, -0.25) is 0 Å². The minimum atomic E-state index is 0.674. The van der Waals surface area contributed by atoms with Crippen molar-refractivity contribution in [2.24, 2.45) is 0 Å². The quantitative estimate of drug-likeness (QED) is 0.735. The second-order valence-corrected chi connectivity index (χ2v) is 5.55. The van der Waals surface area contributed by atoms with Crippen LogP contribution in [0.1, 0.15) is 6.04 Å². The summed E-state index contributed by atoms with van der Waals surface area (Å²) in [6.45, 7) is 2.35. The second kappa shape index (κ2) is 3.49. The van der Waals surface area contributed by atoms with Crippen LogP contribution in [0.25, 0.3) is 10.9 Å². The normalized spacial score (nSPS) is 18.3. The van der Waals surface area contributed by atoms with Crippen LogP contribution in [0.4, 0.5) is 0 Å². The maximum atomic E-state index is 2.41. The Labute approximate surface area is 103 Å². The van der Waals surface area contributed by atoms with E-state index in [9.17, 15) is 0 Å². The lowest BCUT2D eigenvalue weighted by atomic mass is 10.1. The molecule has 0 radical (unpaired) electrons. The van der Waals surface area contributed by atoms with E-state index in [0.29, 0.717) is 6.04 Å². The number of benzene rings is 1. The molecule has 0 unspecified atom stereocenters. The molecule has 1 fully saturated rings.